The molecule has 294 valence electrons. The summed E-state index contributed by atoms with van der Waals surface area (Å²) < 4.78 is 0. The molecule has 0 unspecified atom stereocenters. The van der Waals surface area contributed by atoms with E-state index in [1.54, 1.807) is 0 Å². The van der Waals surface area contributed by atoms with Crippen molar-refractivity contribution in [1.82, 2.24) is 0 Å². The highest BCUT2D eigenvalue weighted by Crippen LogP contribution is 2.64. The highest BCUT2D eigenvalue weighted by molar-refractivity contribution is 5.97. The Bertz CT molecular complexity index is 3280. The molecule has 0 N–H and O–H groups in total. The number of rotatable bonds is 4. The number of benzene rings is 9. The van der Waals surface area contributed by atoms with Crippen LogP contribution < -0.4 is 4.90 Å². The van der Waals surface area contributed by atoms with E-state index in [4.69, 9.17) is 0 Å². The summed E-state index contributed by atoms with van der Waals surface area (Å²) in [6, 6.07) is 75.7. The molecule has 9 aromatic carbocycles. The van der Waals surface area contributed by atoms with Crippen LogP contribution in [0.15, 0.2) is 200 Å². The van der Waals surface area contributed by atoms with Gasteiger partial charge in [0.05, 0.1) is 5.41 Å². The Morgan fingerprint density at radius 1 is 0.258 bits per heavy atom. The van der Waals surface area contributed by atoms with E-state index in [2.05, 4.69) is 233 Å². The Labute approximate surface area is 364 Å². The molecule has 9 aromatic rings. The predicted molar refractivity (Wildman–Crippen MR) is 258 cm³/mol. The van der Waals surface area contributed by atoms with Crippen molar-refractivity contribution in [2.24, 2.45) is 0 Å². The highest BCUT2D eigenvalue weighted by atomic mass is 15.1. The van der Waals surface area contributed by atoms with E-state index in [-0.39, 0.29) is 10.8 Å². The Hall–Kier alpha value is -7.22. The predicted octanol–water partition coefficient (Wildman–Crippen LogP) is 15.8. The Kier molecular flexibility index (Phi) is 7.12. The number of fused-ring (bicyclic) bond motifs is 16. The highest BCUT2D eigenvalue weighted by Gasteiger charge is 2.52. The molecule has 0 aliphatic heterocycles. The first-order chi connectivity index (χ1) is 30.3. The average molecular weight is 792 g/mol. The molecule has 1 heteroatoms. The molecular weight excluding hydrogens is 747 g/mol. The van der Waals surface area contributed by atoms with E-state index < -0.39 is 5.41 Å². The van der Waals surface area contributed by atoms with Gasteiger partial charge in [0.15, 0.2) is 0 Å². The number of nitrogens with zero attached hydrogens (tertiary/aromatic N) is 1. The zero-order valence-electron chi connectivity index (χ0n) is 35.5. The summed E-state index contributed by atoms with van der Waals surface area (Å²) in [7, 11) is 0. The molecule has 4 aliphatic rings. The third kappa shape index (κ3) is 4.53. The molecule has 0 radical (unpaired) electrons. The summed E-state index contributed by atoms with van der Waals surface area (Å²) in [4.78, 5) is 2.50. The van der Waals surface area contributed by atoms with E-state index in [1.165, 1.54) is 100 Å². The summed E-state index contributed by atoms with van der Waals surface area (Å²) in [6.45, 7) is 9.60. The minimum absolute atomic E-state index is 0.0760. The Morgan fingerprint density at radius 2 is 0.645 bits per heavy atom. The second-order valence-corrected chi connectivity index (χ2v) is 18.8. The number of hydrogen-bond acceptors (Lipinski definition) is 1. The summed E-state index contributed by atoms with van der Waals surface area (Å²) in [5.41, 5.74) is 26.9. The maximum absolute atomic E-state index is 2.53. The third-order valence-corrected chi connectivity index (χ3v) is 15.1. The molecule has 0 bridgehead atoms. The van der Waals surface area contributed by atoms with Crippen molar-refractivity contribution >= 4 is 17.1 Å². The van der Waals surface area contributed by atoms with Gasteiger partial charge in [0, 0.05) is 27.9 Å². The van der Waals surface area contributed by atoms with Crippen molar-refractivity contribution in [2.75, 3.05) is 4.90 Å². The van der Waals surface area contributed by atoms with E-state index in [0.29, 0.717) is 0 Å². The fourth-order valence-corrected chi connectivity index (χ4v) is 12.2. The molecule has 0 amide bonds. The molecular formula is C61H45N. The number of anilines is 3. The normalized spacial score (nSPS) is 15.5. The van der Waals surface area contributed by atoms with Crippen LogP contribution in [-0.4, -0.2) is 0 Å². The molecule has 13 rings (SSSR count). The standard InChI is InChI=1S/C61H45N/c1-59(2)51-22-12-8-21-46(51)49-36-57-50(37-56(49)59)48-34-41(31-33-52(48)60(57,3)4)62(40-28-26-39(27-29-40)38-16-6-5-7-17-38)42-30-32-47-45-20-11-15-25-55(45)61(58(47)35-42)53-23-13-9-18-43(53)44-19-10-14-24-54(44)61/h5-37H,1-4H3. The smallest absolute Gasteiger partial charge is 0.0726 e. The van der Waals surface area contributed by atoms with Crippen LogP contribution in [0.4, 0.5) is 17.1 Å². The Balaban J connectivity index is 1.03. The lowest BCUT2D eigenvalue weighted by atomic mass is 9.70. The van der Waals surface area contributed by atoms with Crippen molar-refractivity contribution in [1.29, 1.82) is 0 Å². The number of hydrogen-bond donors (Lipinski definition) is 0. The fourth-order valence-electron chi connectivity index (χ4n) is 12.2. The summed E-state index contributed by atoms with van der Waals surface area (Å²) in [5.74, 6) is 0. The van der Waals surface area contributed by atoms with E-state index in [0.717, 1.165) is 17.1 Å². The zero-order valence-corrected chi connectivity index (χ0v) is 35.5. The van der Waals surface area contributed by atoms with E-state index in [1.807, 2.05) is 0 Å². The van der Waals surface area contributed by atoms with Gasteiger partial charge in [0.2, 0.25) is 0 Å². The van der Waals surface area contributed by atoms with Crippen molar-refractivity contribution in [3.63, 3.8) is 0 Å². The molecule has 1 nitrogen and oxygen atoms in total. The maximum atomic E-state index is 2.53. The van der Waals surface area contributed by atoms with Gasteiger partial charge in [-0.2, -0.15) is 0 Å². The first kappa shape index (κ1) is 35.5. The van der Waals surface area contributed by atoms with Crippen LogP contribution in [0.3, 0.4) is 0 Å². The average Bonchev–Trinajstić information content (AvgIpc) is 3.94. The largest absolute Gasteiger partial charge is 0.310 e. The summed E-state index contributed by atoms with van der Waals surface area (Å²) in [5, 5.41) is 0. The van der Waals surface area contributed by atoms with Crippen molar-refractivity contribution in [3.8, 4) is 55.6 Å². The minimum atomic E-state index is -0.427. The van der Waals surface area contributed by atoms with Gasteiger partial charge in [-0.3, -0.25) is 0 Å². The van der Waals surface area contributed by atoms with Crippen LogP contribution in [-0.2, 0) is 16.2 Å². The van der Waals surface area contributed by atoms with Gasteiger partial charge in [-0.05, 0) is 149 Å². The van der Waals surface area contributed by atoms with Crippen LogP contribution in [0.5, 0.6) is 0 Å². The zero-order chi connectivity index (χ0) is 41.5. The fraction of sp³-hybridized carbons (Fsp3) is 0.115. The van der Waals surface area contributed by atoms with Crippen LogP contribution in [0.25, 0.3) is 55.6 Å². The lowest BCUT2D eigenvalue weighted by Gasteiger charge is -2.32. The van der Waals surface area contributed by atoms with Gasteiger partial charge in [0.25, 0.3) is 0 Å². The molecule has 1 spiro atoms. The van der Waals surface area contributed by atoms with E-state index in [9.17, 15) is 0 Å². The monoisotopic (exact) mass is 791 g/mol. The first-order valence-electron chi connectivity index (χ1n) is 22.1. The van der Waals surface area contributed by atoms with Crippen molar-refractivity contribution < 1.29 is 0 Å². The van der Waals surface area contributed by atoms with Crippen molar-refractivity contribution in [2.45, 2.75) is 43.9 Å². The Morgan fingerprint density at radius 3 is 1.23 bits per heavy atom. The minimum Gasteiger partial charge on any atom is -0.310 e. The molecule has 4 aliphatic carbocycles. The molecule has 0 atom stereocenters. The van der Waals surface area contributed by atoms with Gasteiger partial charge in [-0.15, -0.1) is 0 Å². The van der Waals surface area contributed by atoms with E-state index >= 15 is 0 Å². The van der Waals surface area contributed by atoms with Crippen molar-refractivity contribution in [3.05, 3.63) is 245 Å². The van der Waals surface area contributed by atoms with Crippen LogP contribution in [0, 0.1) is 0 Å². The van der Waals surface area contributed by atoms with Gasteiger partial charge in [0.1, 0.15) is 0 Å². The topological polar surface area (TPSA) is 3.24 Å². The summed E-state index contributed by atoms with van der Waals surface area (Å²) in [6.07, 6.45) is 0. The molecule has 0 heterocycles. The van der Waals surface area contributed by atoms with Crippen LogP contribution >= 0.6 is 0 Å². The van der Waals surface area contributed by atoms with Gasteiger partial charge in [-0.1, -0.05) is 179 Å². The molecule has 0 aromatic heterocycles. The molecule has 0 fully saturated rings. The summed E-state index contributed by atoms with van der Waals surface area (Å²) >= 11 is 0. The molecule has 0 saturated carbocycles. The van der Waals surface area contributed by atoms with Gasteiger partial charge in [-0.25, -0.2) is 0 Å². The second-order valence-electron chi connectivity index (χ2n) is 18.8. The quantitative estimate of drug-likeness (QED) is 0.172. The lowest BCUT2D eigenvalue weighted by molar-refractivity contribution is 0.652. The maximum Gasteiger partial charge on any atom is 0.0726 e. The third-order valence-electron chi connectivity index (χ3n) is 15.1. The lowest BCUT2D eigenvalue weighted by Crippen LogP contribution is -2.26. The first-order valence-corrected chi connectivity index (χ1v) is 22.1. The molecule has 62 heavy (non-hydrogen) atoms. The second kappa shape index (κ2) is 12.4. The van der Waals surface area contributed by atoms with Gasteiger partial charge < -0.3 is 4.90 Å². The van der Waals surface area contributed by atoms with Crippen LogP contribution in [0.2, 0.25) is 0 Å². The van der Waals surface area contributed by atoms with Gasteiger partial charge >= 0.3 is 0 Å². The SMILES string of the molecule is CC1(C)c2ccccc2-c2cc3c(cc21)-c1cc(N(c2ccc(-c4ccccc4)cc2)c2ccc4c(c2)C2(c5ccccc5-c5ccccc52)c2ccccc2-4)ccc1C3(C)C. The van der Waals surface area contributed by atoms with Crippen LogP contribution in [0.1, 0.15) is 72.2 Å². The molecule has 0 saturated heterocycles.